The van der Waals surface area contributed by atoms with Gasteiger partial charge in [0.1, 0.15) is 6.10 Å². The molecule has 2 aromatic carbocycles. The second kappa shape index (κ2) is 6.51. The van der Waals surface area contributed by atoms with Gasteiger partial charge in [-0.3, -0.25) is 0 Å². The maximum absolute atomic E-state index is 13.8. The van der Waals surface area contributed by atoms with E-state index >= 15 is 0 Å². The molecule has 0 aliphatic carbocycles. The van der Waals surface area contributed by atoms with Gasteiger partial charge in [-0.2, -0.15) is 5.26 Å². The number of hydrogen-bond donors (Lipinski definition) is 1. The smallest absolute Gasteiger partial charge is 0.166 e. The van der Waals surface area contributed by atoms with Gasteiger partial charge in [-0.25, -0.2) is 4.39 Å². The molecule has 0 radical (unpaired) electrons. The fraction of sp³-hybridized carbons (Fsp3) is 0.133. The summed E-state index contributed by atoms with van der Waals surface area (Å²) in [4.78, 5) is 0. The van der Waals surface area contributed by atoms with Crippen molar-refractivity contribution in [2.24, 2.45) is 5.73 Å². The van der Waals surface area contributed by atoms with Crippen molar-refractivity contribution in [2.45, 2.75) is 6.10 Å². The number of nitriles is 1. The van der Waals surface area contributed by atoms with E-state index in [-0.39, 0.29) is 17.9 Å². The first-order valence-electron chi connectivity index (χ1n) is 5.96. The molecular formula is C15H12BrFN2O. The molecule has 0 aromatic heterocycles. The standard InChI is InChI=1S/C15H12BrFN2O/c16-12-4-2-11(3-5-12)15(9-19)20-14-6-1-10(8-18)7-13(14)17/h1-7,15H,9,19H2. The maximum Gasteiger partial charge on any atom is 0.166 e. The number of nitrogens with zero attached hydrogens (tertiary/aromatic N) is 1. The van der Waals surface area contributed by atoms with Gasteiger partial charge in [0.2, 0.25) is 0 Å². The van der Waals surface area contributed by atoms with Gasteiger partial charge in [0.05, 0.1) is 11.6 Å². The van der Waals surface area contributed by atoms with Crippen LogP contribution in [0.1, 0.15) is 17.2 Å². The second-order valence-corrected chi connectivity index (χ2v) is 5.07. The Hall–Kier alpha value is -1.90. The van der Waals surface area contributed by atoms with Crippen LogP contribution >= 0.6 is 15.9 Å². The molecular weight excluding hydrogens is 323 g/mol. The summed E-state index contributed by atoms with van der Waals surface area (Å²) in [6, 6.07) is 13.4. The fourth-order valence-electron chi connectivity index (χ4n) is 1.75. The highest BCUT2D eigenvalue weighted by Gasteiger charge is 2.14. The van der Waals surface area contributed by atoms with Crippen molar-refractivity contribution < 1.29 is 9.13 Å². The van der Waals surface area contributed by atoms with Gasteiger partial charge >= 0.3 is 0 Å². The highest BCUT2D eigenvalue weighted by molar-refractivity contribution is 9.10. The van der Waals surface area contributed by atoms with E-state index in [0.29, 0.717) is 0 Å². The summed E-state index contributed by atoms with van der Waals surface area (Å²) in [6.07, 6.45) is -0.439. The quantitative estimate of drug-likeness (QED) is 0.930. The zero-order chi connectivity index (χ0) is 14.5. The van der Waals surface area contributed by atoms with Crippen LogP contribution in [0.5, 0.6) is 5.75 Å². The van der Waals surface area contributed by atoms with Gasteiger partial charge in [-0.15, -0.1) is 0 Å². The summed E-state index contributed by atoms with van der Waals surface area (Å²) in [6.45, 7) is 0.223. The van der Waals surface area contributed by atoms with Crippen molar-refractivity contribution in [2.75, 3.05) is 6.54 Å². The summed E-state index contributed by atoms with van der Waals surface area (Å²) in [5, 5.41) is 8.70. The molecule has 0 heterocycles. The number of hydrogen-bond acceptors (Lipinski definition) is 3. The molecule has 3 nitrogen and oxygen atoms in total. The molecule has 2 N–H and O–H groups in total. The monoisotopic (exact) mass is 334 g/mol. The Balaban J connectivity index is 2.22. The normalized spacial score (nSPS) is 11.7. The summed E-state index contributed by atoms with van der Waals surface area (Å²) in [5.41, 5.74) is 6.80. The van der Waals surface area contributed by atoms with Crippen LogP contribution in [0.4, 0.5) is 4.39 Å². The van der Waals surface area contributed by atoms with E-state index in [1.165, 1.54) is 12.1 Å². The Bertz CT molecular complexity index is 637. The van der Waals surface area contributed by atoms with Crippen LogP contribution in [-0.2, 0) is 0 Å². The van der Waals surface area contributed by atoms with Gasteiger partial charge in [0.25, 0.3) is 0 Å². The molecule has 20 heavy (non-hydrogen) atoms. The number of rotatable bonds is 4. The number of benzene rings is 2. The molecule has 0 aliphatic rings. The van der Waals surface area contributed by atoms with Crippen LogP contribution in [0.2, 0.25) is 0 Å². The first-order valence-corrected chi connectivity index (χ1v) is 6.75. The first kappa shape index (κ1) is 14.5. The summed E-state index contributed by atoms with van der Waals surface area (Å²) < 4.78 is 20.3. The van der Waals surface area contributed by atoms with Gasteiger partial charge in [0.15, 0.2) is 11.6 Å². The molecule has 0 saturated carbocycles. The topological polar surface area (TPSA) is 59.0 Å². The minimum atomic E-state index is -0.570. The fourth-order valence-corrected chi connectivity index (χ4v) is 2.01. The third kappa shape index (κ3) is 3.35. The SMILES string of the molecule is N#Cc1ccc(OC(CN)c2ccc(Br)cc2)c(F)c1. The van der Waals surface area contributed by atoms with Crippen LogP contribution in [-0.4, -0.2) is 6.54 Å². The van der Waals surface area contributed by atoms with Crippen molar-refractivity contribution in [3.8, 4) is 11.8 Å². The van der Waals surface area contributed by atoms with E-state index < -0.39 is 11.9 Å². The predicted octanol–water partition coefficient (Wildman–Crippen LogP) is 3.54. The van der Waals surface area contributed by atoms with Gasteiger partial charge in [-0.1, -0.05) is 28.1 Å². The Morgan fingerprint density at radius 1 is 1.25 bits per heavy atom. The van der Waals surface area contributed by atoms with Crippen LogP contribution in [0.15, 0.2) is 46.9 Å². The Morgan fingerprint density at radius 3 is 2.50 bits per heavy atom. The Labute approximate surface area is 124 Å². The zero-order valence-electron chi connectivity index (χ0n) is 10.5. The summed E-state index contributed by atoms with van der Waals surface area (Å²) >= 11 is 3.35. The lowest BCUT2D eigenvalue weighted by atomic mass is 10.1. The summed E-state index contributed by atoms with van der Waals surface area (Å²) in [5.74, 6) is -0.484. The van der Waals surface area contributed by atoms with E-state index in [1.807, 2.05) is 30.3 Å². The third-order valence-electron chi connectivity index (χ3n) is 2.79. The summed E-state index contributed by atoms with van der Waals surface area (Å²) in [7, 11) is 0. The van der Waals surface area contributed by atoms with Gasteiger partial charge in [-0.05, 0) is 35.9 Å². The molecule has 2 rings (SSSR count). The first-order chi connectivity index (χ1) is 9.63. The Morgan fingerprint density at radius 2 is 1.95 bits per heavy atom. The molecule has 0 saturated heterocycles. The molecule has 0 fully saturated rings. The third-order valence-corrected chi connectivity index (χ3v) is 3.31. The highest BCUT2D eigenvalue weighted by Crippen LogP contribution is 2.25. The van der Waals surface area contributed by atoms with Crippen LogP contribution in [0.3, 0.4) is 0 Å². The van der Waals surface area contributed by atoms with E-state index in [9.17, 15) is 4.39 Å². The maximum atomic E-state index is 13.8. The van der Waals surface area contributed by atoms with E-state index in [1.54, 1.807) is 0 Å². The van der Waals surface area contributed by atoms with E-state index in [4.69, 9.17) is 15.7 Å². The molecule has 5 heteroatoms. The molecule has 102 valence electrons. The van der Waals surface area contributed by atoms with Crippen molar-refractivity contribution in [3.63, 3.8) is 0 Å². The molecule has 1 atom stereocenters. The van der Waals surface area contributed by atoms with E-state index in [2.05, 4.69) is 15.9 Å². The van der Waals surface area contributed by atoms with Gasteiger partial charge in [0, 0.05) is 11.0 Å². The molecule has 0 spiro atoms. The molecule has 0 bridgehead atoms. The molecule has 1 unspecified atom stereocenters. The molecule has 2 aromatic rings. The Kier molecular flexibility index (Phi) is 4.72. The van der Waals surface area contributed by atoms with Gasteiger partial charge < -0.3 is 10.5 Å². The molecule has 0 aliphatic heterocycles. The largest absolute Gasteiger partial charge is 0.481 e. The lowest BCUT2D eigenvalue weighted by molar-refractivity contribution is 0.204. The predicted molar refractivity (Wildman–Crippen MR) is 77.7 cm³/mol. The minimum Gasteiger partial charge on any atom is -0.481 e. The minimum absolute atomic E-state index is 0.0855. The second-order valence-electron chi connectivity index (χ2n) is 4.15. The van der Waals surface area contributed by atoms with Crippen LogP contribution < -0.4 is 10.5 Å². The average Bonchev–Trinajstić information content (AvgIpc) is 2.47. The zero-order valence-corrected chi connectivity index (χ0v) is 12.1. The van der Waals surface area contributed by atoms with Crippen molar-refractivity contribution in [1.29, 1.82) is 5.26 Å². The molecule has 0 amide bonds. The lowest BCUT2D eigenvalue weighted by Gasteiger charge is -2.18. The highest BCUT2D eigenvalue weighted by atomic mass is 79.9. The van der Waals surface area contributed by atoms with Crippen molar-refractivity contribution >= 4 is 15.9 Å². The van der Waals surface area contributed by atoms with E-state index in [0.717, 1.165) is 16.1 Å². The van der Waals surface area contributed by atoms with Crippen LogP contribution in [0.25, 0.3) is 0 Å². The number of ether oxygens (including phenoxy) is 1. The number of nitrogens with two attached hydrogens (primary N) is 1. The van der Waals surface area contributed by atoms with Crippen LogP contribution in [0, 0.1) is 17.1 Å². The van der Waals surface area contributed by atoms with Crippen molar-refractivity contribution in [1.82, 2.24) is 0 Å². The number of halogens is 2. The average molecular weight is 335 g/mol. The lowest BCUT2D eigenvalue weighted by Crippen LogP contribution is -2.18. The van der Waals surface area contributed by atoms with Crippen molar-refractivity contribution in [3.05, 3.63) is 63.9 Å².